The van der Waals surface area contributed by atoms with Crippen molar-refractivity contribution < 1.29 is 28.4 Å². The van der Waals surface area contributed by atoms with Crippen molar-refractivity contribution in [1.29, 1.82) is 5.26 Å². The van der Waals surface area contributed by atoms with Gasteiger partial charge in [-0.25, -0.2) is 0 Å². The Bertz CT molecular complexity index is 796. The molecule has 1 amide bonds. The van der Waals surface area contributed by atoms with E-state index in [4.69, 9.17) is 14.5 Å². The van der Waals surface area contributed by atoms with E-state index in [1.165, 1.54) is 11.0 Å². The van der Waals surface area contributed by atoms with Gasteiger partial charge >= 0.3 is 0 Å². The molecule has 0 saturated carbocycles. The number of nitriles is 1. The molecule has 0 radical (unpaired) electrons. The summed E-state index contributed by atoms with van der Waals surface area (Å²) in [5, 5.41) is 9.15. The standard InChI is InChI=1S/C16H19N2O6P/c1-16(2)15(24-25(20,21)22)14(18-7-3-4-13(18)19)11-8-10(9-17)5-6-12(11)23-16/h5-6,8,14-15H,3-4,7H2,1-2H3,(H2,20,21,22)/p-2/t14-,15+/m0/s1. The van der Waals surface area contributed by atoms with Crippen LogP contribution in [0.3, 0.4) is 0 Å². The smallest absolute Gasteiger partial charge is 0.223 e. The quantitative estimate of drug-likeness (QED) is 0.719. The highest BCUT2D eigenvalue weighted by molar-refractivity contribution is 7.43. The number of hydrogen-bond donors (Lipinski definition) is 0. The Morgan fingerprint density at radius 2 is 2.16 bits per heavy atom. The van der Waals surface area contributed by atoms with E-state index in [2.05, 4.69) is 0 Å². The van der Waals surface area contributed by atoms with Crippen molar-refractivity contribution in [1.82, 2.24) is 4.90 Å². The highest BCUT2D eigenvalue weighted by atomic mass is 31.2. The lowest BCUT2D eigenvalue weighted by Crippen LogP contribution is -2.55. The molecule has 0 spiro atoms. The number of carbonyl (C=O) groups is 1. The largest absolute Gasteiger partial charge is 0.790 e. The minimum absolute atomic E-state index is 0.156. The molecule has 0 N–H and O–H groups in total. The second-order valence-corrected chi connectivity index (χ2v) is 7.78. The van der Waals surface area contributed by atoms with Crippen molar-refractivity contribution in [2.45, 2.75) is 44.4 Å². The molecule has 1 aromatic carbocycles. The molecule has 2 atom stereocenters. The molecular weight excluding hydrogens is 347 g/mol. The van der Waals surface area contributed by atoms with E-state index in [1.54, 1.807) is 26.0 Å². The third-order valence-electron chi connectivity index (χ3n) is 4.49. The molecule has 2 aliphatic rings. The average Bonchev–Trinajstić information content (AvgIpc) is 2.92. The number of ether oxygens (including phenoxy) is 1. The summed E-state index contributed by atoms with van der Waals surface area (Å²) in [7, 11) is -5.33. The Kier molecular flexibility index (Phi) is 4.38. The lowest BCUT2D eigenvalue weighted by molar-refractivity contribution is -0.349. The van der Waals surface area contributed by atoms with Crippen LogP contribution in [0.25, 0.3) is 0 Å². The van der Waals surface area contributed by atoms with Gasteiger partial charge in [0.2, 0.25) is 5.91 Å². The maximum absolute atomic E-state index is 12.3. The highest BCUT2D eigenvalue weighted by Crippen LogP contribution is 2.49. The molecule has 25 heavy (non-hydrogen) atoms. The van der Waals surface area contributed by atoms with Gasteiger partial charge < -0.3 is 28.5 Å². The monoisotopic (exact) mass is 364 g/mol. The van der Waals surface area contributed by atoms with Crippen LogP contribution in [0, 0.1) is 11.3 Å². The van der Waals surface area contributed by atoms with E-state index >= 15 is 0 Å². The van der Waals surface area contributed by atoms with Crippen LogP contribution < -0.4 is 14.5 Å². The normalized spacial score (nSPS) is 25.2. The lowest BCUT2D eigenvalue weighted by Gasteiger charge is -2.50. The van der Waals surface area contributed by atoms with Gasteiger partial charge in [0.15, 0.2) is 0 Å². The first kappa shape index (κ1) is 17.9. The molecule has 8 nitrogen and oxygen atoms in total. The van der Waals surface area contributed by atoms with Crippen molar-refractivity contribution in [2.75, 3.05) is 6.54 Å². The third-order valence-corrected chi connectivity index (χ3v) is 4.98. The van der Waals surface area contributed by atoms with Crippen molar-refractivity contribution in [3.05, 3.63) is 29.3 Å². The van der Waals surface area contributed by atoms with E-state index in [9.17, 15) is 19.1 Å². The van der Waals surface area contributed by atoms with Crippen molar-refractivity contribution in [3.8, 4) is 11.8 Å². The summed E-state index contributed by atoms with van der Waals surface area (Å²) in [6.07, 6.45) is -0.246. The van der Waals surface area contributed by atoms with Crippen molar-refractivity contribution >= 4 is 13.7 Å². The molecule has 1 saturated heterocycles. The van der Waals surface area contributed by atoms with Gasteiger partial charge in [0.1, 0.15) is 17.5 Å². The number of phosphoric ester groups is 1. The predicted molar refractivity (Wildman–Crippen MR) is 82.0 cm³/mol. The fraction of sp³-hybridized carbons (Fsp3) is 0.500. The minimum atomic E-state index is -5.33. The van der Waals surface area contributed by atoms with Gasteiger partial charge in [0.05, 0.1) is 25.5 Å². The number of hydrogen-bond acceptors (Lipinski definition) is 7. The molecule has 1 fully saturated rings. The SMILES string of the molecule is CC1(C)Oc2ccc(C#N)cc2[C@H](N2CCCC2=O)[C@H]1OP(=O)([O-])[O-]. The maximum atomic E-state index is 12.3. The van der Waals surface area contributed by atoms with Crippen LogP contribution in [0.15, 0.2) is 18.2 Å². The number of nitrogens with zero attached hydrogens (tertiary/aromatic N) is 2. The number of phosphoric acid groups is 1. The Hall–Kier alpha value is -1.91. The van der Waals surface area contributed by atoms with Gasteiger partial charge in [0.25, 0.3) is 0 Å². The van der Waals surface area contributed by atoms with Crippen molar-refractivity contribution in [3.63, 3.8) is 0 Å². The maximum Gasteiger partial charge on any atom is 0.223 e. The average molecular weight is 364 g/mol. The van der Waals surface area contributed by atoms with E-state index in [-0.39, 0.29) is 5.91 Å². The summed E-state index contributed by atoms with van der Waals surface area (Å²) >= 11 is 0. The molecule has 134 valence electrons. The van der Waals surface area contributed by atoms with Crippen LogP contribution in [0.1, 0.15) is 43.9 Å². The van der Waals surface area contributed by atoms with E-state index in [0.29, 0.717) is 36.3 Å². The summed E-state index contributed by atoms with van der Waals surface area (Å²) in [6, 6.07) is 5.90. The number of rotatable bonds is 3. The Morgan fingerprint density at radius 3 is 2.72 bits per heavy atom. The Labute approximate surface area is 145 Å². The van der Waals surface area contributed by atoms with Crippen LogP contribution in [-0.2, 0) is 13.9 Å². The number of carbonyl (C=O) groups excluding carboxylic acids is 1. The van der Waals surface area contributed by atoms with Crippen LogP contribution >= 0.6 is 7.82 Å². The molecule has 0 aromatic heterocycles. The van der Waals surface area contributed by atoms with E-state index in [0.717, 1.165) is 0 Å². The molecule has 0 bridgehead atoms. The van der Waals surface area contributed by atoms with Gasteiger partial charge in [-0.2, -0.15) is 5.26 Å². The minimum Gasteiger partial charge on any atom is -0.790 e. The van der Waals surface area contributed by atoms with Crippen LogP contribution in [0.4, 0.5) is 0 Å². The number of benzene rings is 1. The molecule has 0 unspecified atom stereocenters. The summed E-state index contributed by atoms with van der Waals surface area (Å²) < 4.78 is 22.0. The van der Waals surface area contributed by atoms with Gasteiger partial charge in [-0.15, -0.1) is 0 Å². The first-order valence-electron chi connectivity index (χ1n) is 7.85. The lowest BCUT2D eigenvalue weighted by atomic mass is 9.85. The zero-order valence-corrected chi connectivity index (χ0v) is 14.7. The first-order chi connectivity index (χ1) is 11.6. The number of likely N-dealkylation sites (tertiary alicyclic amines) is 1. The second kappa shape index (κ2) is 6.11. The van der Waals surface area contributed by atoms with Gasteiger partial charge in [-0.3, -0.25) is 4.79 Å². The van der Waals surface area contributed by atoms with Crippen molar-refractivity contribution in [2.24, 2.45) is 0 Å². The summed E-state index contributed by atoms with van der Waals surface area (Å²) in [6.45, 7) is 3.61. The predicted octanol–water partition coefficient (Wildman–Crippen LogP) is 0.607. The molecule has 2 aliphatic heterocycles. The second-order valence-electron chi connectivity index (χ2n) is 6.68. The summed E-state index contributed by atoms with van der Waals surface area (Å²) in [5.74, 6) is 0.274. The number of fused-ring (bicyclic) bond motifs is 1. The van der Waals surface area contributed by atoms with Gasteiger partial charge in [-0.05, 0) is 38.5 Å². The third kappa shape index (κ3) is 3.42. The molecule has 3 rings (SSSR count). The topological polar surface area (TPSA) is 126 Å². The molecule has 2 heterocycles. The van der Waals surface area contributed by atoms with Gasteiger partial charge in [0, 0.05) is 18.5 Å². The van der Waals surface area contributed by atoms with Gasteiger partial charge in [-0.1, -0.05) is 0 Å². The first-order valence-corrected chi connectivity index (χ1v) is 9.31. The molecule has 0 aliphatic carbocycles. The zero-order valence-electron chi connectivity index (χ0n) is 13.8. The Balaban J connectivity index is 2.16. The molecule has 1 aromatic rings. The number of amides is 1. The van der Waals surface area contributed by atoms with E-state index < -0.39 is 25.6 Å². The fourth-order valence-electron chi connectivity index (χ4n) is 3.44. The summed E-state index contributed by atoms with van der Waals surface area (Å²) in [5.41, 5.74) is -0.365. The zero-order chi connectivity index (χ0) is 18.4. The summed E-state index contributed by atoms with van der Waals surface area (Å²) in [4.78, 5) is 36.4. The fourth-order valence-corrected chi connectivity index (χ4v) is 4.09. The van der Waals surface area contributed by atoms with Crippen LogP contribution in [0.2, 0.25) is 0 Å². The van der Waals surface area contributed by atoms with Crippen LogP contribution in [-0.4, -0.2) is 29.1 Å². The van der Waals surface area contributed by atoms with Crippen LogP contribution in [0.5, 0.6) is 5.75 Å². The Morgan fingerprint density at radius 1 is 1.44 bits per heavy atom. The molecule has 9 heteroatoms. The molecular formula is C16H17N2O6P-2. The highest BCUT2D eigenvalue weighted by Gasteiger charge is 2.49. The van der Waals surface area contributed by atoms with E-state index in [1.807, 2.05) is 6.07 Å².